The summed E-state index contributed by atoms with van der Waals surface area (Å²) in [6, 6.07) is 8.21. The second-order valence-electron chi connectivity index (χ2n) is 11.8. The van der Waals surface area contributed by atoms with E-state index in [1.807, 2.05) is 18.2 Å². The highest BCUT2D eigenvalue weighted by molar-refractivity contribution is 5.82. The third-order valence-electron chi connectivity index (χ3n) is 9.87. The molecule has 2 heterocycles. The first-order valence-electron chi connectivity index (χ1n) is 13.0. The van der Waals surface area contributed by atoms with E-state index in [4.69, 9.17) is 4.98 Å². The molecule has 33 heavy (non-hydrogen) atoms. The molecule has 2 saturated carbocycles. The lowest BCUT2D eigenvalue weighted by atomic mass is 9.49. The average Bonchev–Trinajstić information content (AvgIpc) is 3.43. The molecule has 1 spiro atoms. The molecule has 1 aromatic heterocycles. The number of amides is 1. The third kappa shape index (κ3) is 3.54. The SMILES string of the molecule is Cn1c(CCNC(=O)C2CC23CCN(CC2=CC[C@H]4C[C@@H]2C4(C)C)CC3)nc2ccccc21. The smallest absolute Gasteiger partial charge is 0.223 e. The zero-order valence-electron chi connectivity index (χ0n) is 20.4. The van der Waals surface area contributed by atoms with Crippen LogP contribution >= 0.6 is 0 Å². The number of aryl methyl sites for hydroxylation is 1. The molecular formula is C28H38N4O. The molecule has 2 aromatic rings. The highest BCUT2D eigenvalue weighted by Gasteiger charge is 2.58. The van der Waals surface area contributed by atoms with Gasteiger partial charge >= 0.3 is 0 Å². The topological polar surface area (TPSA) is 50.2 Å². The zero-order valence-corrected chi connectivity index (χ0v) is 20.4. The van der Waals surface area contributed by atoms with Crippen molar-refractivity contribution in [3.63, 3.8) is 0 Å². The Morgan fingerprint density at radius 3 is 2.73 bits per heavy atom. The maximum atomic E-state index is 12.9. The Kier molecular flexibility index (Phi) is 4.99. The van der Waals surface area contributed by atoms with Crippen LogP contribution in [0.4, 0.5) is 0 Å². The molecule has 1 N–H and O–H groups in total. The van der Waals surface area contributed by atoms with E-state index in [0.29, 0.717) is 12.0 Å². The molecule has 3 atom stereocenters. The van der Waals surface area contributed by atoms with Crippen molar-refractivity contribution in [3.05, 3.63) is 41.7 Å². The lowest BCUT2D eigenvalue weighted by Crippen LogP contribution is -2.50. The van der Waals surface area contributed by atoms with E-state index >= 15 is 0 Å². The predicted molar refractivity (Wildman–Crippen MR) is 132 cm³/mol. The van der Waals surface area contributed by atoms with Crippen molar-refractivity contribution in [2.75, 3.05) is 26.2 Å². The standard InChI is InChI=1S/C28H38N4O/c1-27(2)20-9-8-19(21(27)16-20)18-32-14-11-28(12-15-32)17-22(28)26(33)29-13-10-25-30-23-6-4-5-7-24(23)31(25)3/h4-8,20-22H,9-18H2,1-3H3,(H,29,33)/t20-,21-,22?/m0/s1. The molecule has 4 aliphatic carbocycles. The van der Waals surface area contributed by atoms with Gasteiger partial charge in [0, 0.05) is 32.5 Å². The van der Waals surface area contributed by atoms with E-state index < -0.39 is 0 Å². The van der Waals surface area contributed by atoms with Gasteiger partial charge in [-0.25, -0.2) is 4.98 Å². The molecule has 1 amide bonds. The van der Waals surface area contributed by atoms with Gasteiger partial charge in [-0.2, -0.15) is 0 Å². The molecule has 1 saturated heterocycles. The molecule has 5 heteroatoms. The van der Waals surface area contributed by atoms with Crippen LogP contribution in [-0.4, -0.2) is 46.5 Å². The highest BCUT2D eigenvalue weighted by Crippen LogP contribution is 2.61. The first-order chi connectivity index (χ1) is 15.9. The van der Waals surface area contributed by atoms with Gasteiger partial charge in [0.15, 0.2) is 0 Å². The molecule has 1 aromatic carbocycles. The molecule has 3 fully saturated rings. The van der Waals surface area contributed by atoms with Crippen molar-refractivity contribution in [2.24, 2.45) is 35.6 Å². The van der Waals surface area contributed by atoms with Crippen molar-refractivity contribution < 1.29 is 4.79 Å². The molecule has 1 aliphatic heterocycles. The van der Waals surface area contributed by atoms with Crippen LogP contribution in [-0.2, 0) is 18.3 Å². The second kappa shape index (κ2) is 7.69. The molecule has 5 nitrogen and oxygen atoms in total. The summed E-state index contributed by atoms with van der Waals surface area (Å²) in [4.78, 5) is 20.3. The van der Waals surface area contributed by atoms with Crippen LogP contribution in [0, 0.1) is 28.6 Å². The number of nitrogens with zero attached hydrogens (tertiary/aromatic N) is 3. The minimum absolute atomic E-state index is 0.223. The van der Waals surface area contributed by atoms with Crippen LogP contribution in [0.15, 0.2) is 35.9 Å². The Balaban J connectivity index is 0.974. The minimum Gasteiger partial charge on any atom is -0.355 e. The molecule has 5 aliphatic rings. The predicted octanol–water partition coefficient (Wildman–Crippen LogP) is 4.33. The summed E-state index contributed by atoms with van der Waals surface area (Å²) in [7, 11) is 2.06. The average molecular weight is 447 g/mol. The highest BCUT2D eigenvalue weighted by atomic mass is 16.2. The van der Waals surface area contributed by atoms with E-state index in [1.165, 1.54) is 25.7 Å². The van der Waals surface area contributed by atoms with Crippen molar-refractivity contribution in [2.45, 2.75) is 52.4 Å². The summed E-state index contributed by atoms with van der Waals surface area (Å²) in [6.07, 6.45) is 9.46. The van der Waals surface area contributed by atoms with Gasteiger partial charge in [-0.3, -0.25) is 9.69 Å². The monoisotopic (exact) mass is 446 g/mol. The quantitative estimate of drug-likeness (QED) is 0.672. The molecule has 1 unspecified atom stereocenters. The van der Waals surface area contributed by atoms with Gasteiger partial charge in [0.2, 0.25) is 5.91 Å². The summed E-state index contributed by atoms with van der Waals surface area (Å²) >= 11 is 0. The van der Waals surface area contributed by atoms with Crippen LogP contribution in [0.1, 0.15) is 51.8 Å². The number of fused-ring (bicyclic) bond motifs is 2. The van der Waals surface area contributed by atoms with Gasteiger partial charge in [0.1, 0.15) is 5.82 Å². The van der Waals surface area contributed by atoms with Crippen molar-refractivity contribution >= 4 is 16.9 Å². The fourth-order valence-electron chi connectivity index (χ4n) is 7.18. The van der Waals surface area contributed by atoms with Gasteiger partial charge in [-0.1, -0.05) is 37.6 Å². The maximum absolute atomic E-state index is 12.9. The van der Waals surface area contributed by atoms with Gasteiger partial charge in [-0.05, 0) is 80.0 Å². The number of imidazole rings is 1. The number of carbonyl (C=O) groups excluding carboxylic acids is 1. The summed E-state index contributed by atoms with van der Waals surface area (Å²) in [6.45, 7) is 9.06. The van der Waals surface area contributed by atoms with E-state index in [2.05, 4.69) is 47.8 Å². The zero-order chi connectivity index (χ0) is 22.8. The van der Waals surface area contributed by atoms with Crippen LogP contribution < -0.4 is 5.32 Å². The Bertz CT molecular complexity index is 1100. The fourth-order valence-corrected chi connectivity index (χ4v) is 7.18. The number of nitrogens with one attached hydrogen (secondary N) is 1. The number of hydrogen-bond donors (Lipinski definition) is 1. The largest absolute Gasteiger partial charge is 0.355 e. The number of benzene rings is 1. The second-order valence-corrected chi connectivity index (χ2v) is 11.8. The van der Waals surface area contributed by atoms with Crippen molar-refractivity contribution in [3.8, 4) is 0 Å². The van der Waals surface area contributed by atoms with Gasteiger partial charge in [0.05, 0.1) is 11.0 Å². The van der Waals surface area contributed by atoms with Crippen LogP contribution in [0.5, 0.6) is 0 Å². The molecule has 176 valence electrons. The third-order valence-corrected chi connectivity index (χ3v) is 9.87. The summed E-state index contributed by atoms with van der Waals surface area (Å²) < 4.78 is 2.14. The first kappa shape index (κ1) is 21.4. The Morgan fingerprint density at radius 2 is 2.00 bits per heavy atom. The lowest BCUT2D eigenvalue weighted by molar-refractivity contribution is -0.123. The van der Waals surface area contributed by atoms with Crippen LogP contribution in [0.2, 0.25) is 0 Å². The number of carbonyl (C=O) groups is 1. The van der Waals surface area contributed by atoms with E-state index in [1.54, 1.807) is 5.57 Å². The van der Waals surface area contributed by atoms with E-state index in [9.17, 15) is 4.79 Å². The Hall–Kier alpha value is -2.14. The summed E-state index contributed by atoms with van der Waals surface area (Å²) in [5, 5.41) is 3.22. The van der Waals surface area contributed by atoms with Gasteiger partial charge in [-0.15, -0.1) is 0 Å². The summed E-state index contributed by atoms with van der Waals surface area (Å²) in [5.41, 5.74) is 4.67. The fraction of sp³-hybridized carbons (Fsp3) is 0.643. The molecule has 0 radical (unpaired) electrons. The van der Waals surface area contributed by atoms with Crippen molar-refractivity contribution in [1.29, 1.82) is 0 Å². The van der Waals surface area contributed by atoms with E-state index in [0.717, 1.165) is 61.2 Å². The first-order valence-corrected chi connectivity index (χ1v) is 13.0. The van der Waals surface area contributed by atoms with Crippen LogP contribution in [0.25, 0.3) is 11.0 Å². The number of para-hydroxylation sites is 2. The van der Waals surface area contributed by atoms with Gasteiger partial charge < -0.3 is 9.88 Å². The Morgan fingerprint density at radius 1 is 1.21 bits per heavy atom. The Labute approximate surface area is 197 Å². The maximum Gasteiger partial charge on any atom is 0.223 e. The van der Waals surface area contributed by atoms with E-state index in [-0.39, 0.29) is 17.2 Å². The number of allylic oxidation sites excluding steroid dienone is 1. The minimum atomic E-state index is 0.223. The lowest BCUT2D eigenvalue weighted by Gasteiger charge is -2.57. The number of rotatable bonds is 6. The normalized spacial score (nSPS) is 29.5. The molecular weight excluding hydrogens is 408 g/mol. The summed E-state index contributed by atoms with van der Waals surface area (Å²) in [5.74, 6) is 3.24. The van der Waals surface area contributed by atoms with Crippen LogP contribution in [0.3, 0.4) is 0 Å². The molecule has 7 rings (SSSR count). The number of likely N-dealkylation sites (tertiary alicyclic amines) is 1. The number of aromatic nitrogens is 2. The van der Waals surface area contributed by atoms with Crippen molar-refractivity contribution in [1.82, 2.24) is 19.8 Å². The molecule has 2 bridgehead atoms. The number of hydrogen-bond acceptors (Lipinski definition) is 3. The number of piperidine rings is 1. The van der Waals surface area contributed by atoms with Gasteiger partial charge in [0.25, 0.3) is 0 Å².